The van der Waals surface area contributed by atoms with Crippen LogP contribution in [0.3, 0.4) is 0 Å². The minimum Gasteiger partial charge on any atom is -0.396 e. The summed E-state index contributed by atoms with van der Waals surface area (Å²) in [5.74, 6) is -0.729. The summed E-state index contributed by atoms with van der Waals surface area (Å²) in [7, 11) is 0. The van der Waals surface area contributed by atoms with E-state index in [2.05, 4.69) is 5.32 Å². The Morgan fingerprint density at radius 3 is 2.53 bits per heavy atom. The smallest absolute Gasteiger partial charge is 0.255 e. The predicted molar refractivity (Wildman–Crippen MR) is 74.7 cm³/mol. The summed E-state index contributed by atoms with van der Waals surface area (Å²) in [5.41, 5.74) is 8.53. The number of rotatable bonds is 2. The van der Waals surface area contributed by atoms with Gasteiger partial charge in [0.2, 0.25) is 0 Å². The van der Waals surface area contributed by atoms with Crippen molar-refractivity contribution in [2.45, 2.75) is 13.8 Å². The first-order chi connectivity index (χ1) is 8.97. The number of nitrogens with two attached hydrogens (primary N) is 1. The molecule has 4 heteroatoms. The van der Waals surface area contributed by atoms with Crippen LogP contribution in [-0.4, -0.2) is 5.91 Å². The van der Waals surface area contributed by atoms with Crippen molar-refractivity contribution in [1.82, 2.24) is 0 Å². The van der Waals surface area contributed by atoms with Gasteiger partial charge in [0.1, 0.15) is 5.82 Å². The molecule has 1 amide bonds. The van der Waals surface area contributed by atoms with Crippen molar-refractivity contribution in [2.75, 3.05) is 11.1 Å². The molecule has 0 unspecified atom stereocenters. The highest BCUT2D eigenvalue weighted by Crippen LogP contribution is 2.18. The van der Waals surface area contributed by atoms with Crippen LogP contribution in [0.4, 0.5) is 15.8 Å². The van der Waals surface area contributed by atoms with Crippen molar-refractivity contribution in [1.29, 1.82) is 0 Å². The molecule has 0 aliphatic heterocycles. The summed E-state index contributed by atoms with van der Waals surface area (Å²) >= 11 is 0. The number of carbonyl (C=O) groups is 1. The van der Waals surface area contributed by atoms with Gasteiger partial charge < -0.3 is 11.1 Å². The van der Waals surface area contributed by atoms with Gasteiger partial charge in [0, 0.05) is 11.3 Å². The van der Waals surface area contributed by atoms with E-state index in [0.29, 0.717) is 11.3 Å². The summed E-state index contributed by atoms with van der Waals surface area (Å²) in [6.07, 6.45) is 0. The number of amides is 1. The highest BCUT2D eigenvalue weighted by molar-refractivity contribution is 6.05. The summed E-state index contributed by atoms with van der Waals surface area (Å²) in [6, 6.07) is 9.69. The summed E-state index contributed by atoms with van der Waals surface area (Å²) in [6.45, 7) is 3.84. The number of hydrogen-bond donors (Lipinski definition) is 2. The first-order valence-electron chi connectivity index (χ1n) is 5.91. The van der Waals surface area contributed by atoms with Gasteiger partial charge in [-0.25, -0.2) is 4.39 Å². The van der Waals surface area contributed by atoms with E-state index in [9.17, 15) is 9.18 Å². The Balaban J connectivity index is 2.23. The zero-order valence-corrected chi connectivity index (χ0v) is 10.8. The van der Waals surface area contributed by atoms with Crippen molar-refractivity contribution >= 4 is 17.3 Å². The molecule has 98 valence electrons. The van der Waals surface area contributed by atoms with Gasteiger partial charge >= 0.3 is 0 Å². The van der Waals surface area contributed by atoms with Crippen molar-refractivity contribution in [2.24, 2.45) is 0 Å². The average Bonchev–Trinajstić information content (AvgIpc) is 2.33. The summed E-state index contributed by atoms with van der Waals surface area (Å²) in [4.78, 5) is 12.1. The maximum atomic E-state index is 13.0. The lowest BCUT2D eigenvalue weighted by molar-refractivity contribution is 0.102. The molecule has 2 aromatic carbocycles. The molecule has 0 spiro atoms. The molecule has 2 aromatic rings. The van der Waals surface area contributed by atoms with Gasteiger partial charge in [-0.1, -0.05) is 17.7 Å². The monoisotopic (exact) mass is 258 g/mol. The Morgan fingerprint density at radius 1 is 1.16 bits per heavy atom. The number of halogens is 1. The number of nitrogen functional groups attached to an aromatic ring is 1. The van der Waals surface area contributed by atoms with Gasteiger partial charge in [-0.15, -0.1) is 0 Å². The van der Waals surface area contributed by atoms with E-state index < -0.39 is 5.82 Å². The number of benzene rings is 2. The minimum atomic E-state index is -0.496. The van der Waals surface area contributed by atoms with Crippen molar-refractivity contribution in [3.63, 3.8) is 0 Å². The fraction of sp³-hybridized carbons (Fsp3) is 0.133. The van der Waals surface area contributed by atoms with Crippen LogP contribution in [0.1, 0.15) is 21.5 Å². The molecular weight excluding hydrogens is 243 g/mol. The molecular formula is C15H15FN2O. The molecule has 2 rings (SSSR count). The van der Waals surface area contributed by atoms with E-state index in [1.54, 1.807) is 6.07 Å². The van der Waals surface area contributed by atoms with Gasteiger partial charge in [0.25, 0.3) is 5.91 Å². The highest BCUT2D eigenvalue weighted by atomic mass is 19.1. The number of anilines is 2. The van der Waals surface area contributed by atoms with E-state index >= 15 is 0 Å². The molecule has 0 bridgehead atoms. The van der Waals surface area contributed by atoms with Gasteiger partial charge in [-0.2, -0.15) is 0 Å². The second kappa shape index (κ2) is 5.10. The number of carbonyl (C=O) groups excluding carboxylic acids is 1. The topological polar surface area (TPSA) is 55.1 Å². The number of hydrogen-bond acceptors (Lipinski definition) is 2. The Kier molecular flexibility index (Phi) is 3.51. The van der Waals surface area contributed by atoms with E-state index in [1.807, 2.05) is 26.0 Å². The quantitative estimate of drug-likeness (QED) is 0.812. The normalized spacial score (nSPS) is 10.3. The maximum Gasteiger partial charge on any atom is 0.255 e. The molecule has 0 atom stereocenters. The second-order valence-electron chi connectivity index (χ2n) is 4.51. The van der Waals surface area contributed by atoms with Crippen LogP contribution >= 0.6 is 0 Å². The third-order valence-corrected chi connectivity index (χ3v) is 2.88. The first kappa shape index (κ1) is 13.1. The fourth-order valence-electron chi connectivity index (χ4n) is 1.89. The molecule has 0 saturated carbocycles. The standard InChI is InChI=1S/C15H15FN2O/c1-9-3-5-12(10(2)7-9)15(19)18-11-4-6-13(16)14(17)8-11/h3-8H,17H2,1-2H3,(H,18,19). The van der Waals surface area contributed by atoms with E-state index in [-0.39, 0.29) is 11.6 Å². The Bertz CT molecular complexity index is 638. The van der Waals surface area contributed by atoms with Crippen LogP contribution in [0.25, 0.3) is 0 Å². The van der Waals surface area contributed by atoms with E-state index in [1.165, 1.54) is 18.2 Å². The zero-order valence-electron chi connectivity index (χ0n) is 10.8. The van der Waals surface area contributed by atoms with E-state index in [0.717, 1.165) is 11.1 Å². The third kappa shape index (κ3) is 2.91. The van der Waals surface area contributed by atoms with Crippen molar-refractivity contribution < 1.29 is 9.18 Å². The molecule has 3 N–H and O–H groups in total. The molecule has 0 aliphatic carbocycles. The van der Waals surface area contributed by atoms with Gasteiger partial charge in [-0.3, -0.25) is 4.79 Å². The fourth-order valence-corrected chi connectivity index (χ4v) is 1.89. The molecule has 0 saturated heterocycles. The van der Waals surface area contributed by atoms with Crippen LogP contribution < -0.4 is 11.1 Å². The van der Waals surface area contributed by atoms with Crippen LogP contribution in [-0.2, 0) is 0 Å². The Morgan fingerprint density at radius 2 is 1.89 bits per heavy atom. The zero-order chi connectivity index (χ0) is 14.0. The lowest BCUT2D eigenvalue weighted by Crippen LogP contribution is -2.13. The van der Waals surface area contributed by atoms with Gasteiger partial charge in [0.05, 0.1) is 5.69 Å². The highest BCUT2D eigenvalue weighted by Gasteiger charge is 2.10. The molecule has 19 heavy (non-hydrogen) atoms. The number of nitrogens with one attached hydrogen (secondary N) is 1. The summed E-state index contributed by atoms with van der Waals surface area (Å²) < 4.78 is 13.0. The van der Waals surface area contributed by atoms with Gasteiger partial charge in [-0.05, 0) is 43.7 Å². The van der Waals surface area contributed by atoms with Crippen molar-refractivity contribution in [3.8, 4) is 0 Å². The van der Waals surface area contributed by atoms with Crippen LogP contribution in [0.15, 0.2) is 36.4 Å². The van der Waals surface area contributed by atoms with Crippen LogP contribution in [0.5, 0.6) is 0 Å². The molecule has 0 heterocycles. The van der Waals surface area contributed by atoms with Crippen LogP contribution in [0, 0.1) is 19.7 Å². The maximum absolute atomic E-state index is 13.0. The summed E-state index contributed by atoms with van der Waals surface area (Å²) in [5, 5.41) is 2.70. The Hall–Kier alpha value is -2.36. The molecule has 0 aromatic heterocycles. The molecule has 0 fully saturated rings. The molecule has 3 nitrogen and oxygen atoms in total. The van der Waals surface area contributed by atoms with Crippen LogP contribution in [0.2, 0.25) is 0 Å². The van der Waals surface area contributed by atoms with Crippen molar-refractivity contribution in [3.05, 3.63) is 58.9 Å². The second-order valence-corrected chi connectivity index (χ2v) is 4.51. The van der Waals surface area contributed by atoms with E-state index in [4.69, 9.17) is 5.73 Å². The molecule has 0 aliphatic rings. The Labute approximate surface area is 111 Å². The predicted octanol–water partition coefficient (Wildman–Crippen LogP) is 3.28. The lowest BCUT2D eigenvalue weighted by atomic mass is 10.1. The SMILES string of the molecule is Cc1ccc(C(=O)Nc2ccc(F)c(N)c2)c(C)c1. The lowest BCUT2D eigenvalue weighted by Gasteiger charge is -2.09. The number of aryl methyl sites for hydroxylation is 2. The van der Waals surface area contributed by atoms with Gasteiger partial charge in [0.15, 0.2) is 0 Å². The largest absolute Gasteiger partial charge is 0.396 e. The third-order valence-electron chi connectivity index (χ3n) is 2.88. The average molecular weight is 258 g/mol. The molecule has 0 radical (unpaired) electrons. The minimum absolute atomic E-state index is 0.0124. The first-order valence-corrected chi connectivity index (χ1v) is 5.91.